The van der Waals surface area contributed by atoms with E-state index in [0.29, 0.717) is 22.5 Å². The number of aromatic nitrogens is 2. The Kier molecular flexibility index (Phi) is 4.01. The molecule has 0 aliphatic heterocycles. The summed E-state index contributed by atoms with van der Waals surface area (Å²) in [7, 11) is 0. The van der Waals surface area contributed by atoms with E-state index >= 15 is 0 Å². The fraction of sp³-hybridized carbons (Fsp3) is 0. The van der Waals surface area contributed by atoms with Crippen LogP contribution in [0.15, 0.2) is 72.8 Å². The smallest absolute Gasteiger partial charge is 0.199 e. The van der Waals surface area contributed by atoms with Crippen molar-refractivity contribution in [3.05, 3.63) is 78.4 Å². The van der Waals surface area contributed by atoms with Gasteiger partial charge in [0, 0.05) is 27.7 Å². The van der Waals surface area contributed by atoms with Gasteiger partial charge in [0.25, 0.3) is 0 Å². The molecule has 2 heterocycles. The molecule has 0 aliphatic carbocycles. The van der Waals surface area contributed by atoms with Gasteiger partial charge in [-0.2, -0.15) is 5.26 Å². The number of nitrogens with one attached hydrogen (secondary N) is 2. The highest BCUT2D eigenvalue weighted by molar-refractivity contribution is 6.02. The average Bonchev–Trinajstić information content (AvgIpc) is 3.10. The van der Waals surface area contributed by atoms with E-state index in [2.05, 4.69) is 16.4 Å². The molecule has 0 aliphatic rings. The number of aromatic amines is 1. The molecule has 0 spiro atoms. The number of aromatic hydroxyl groups is 1. The Labute approximate surface area is 172 Å². The molecule has 2 aromatic heterocycles. The molecule has 0 radical (unpaired) electrons. The van der Waals surface area contributed by atoms with Crippen LogP contribution in [0.1, 0.15) is 5.56 Å². The molecule has 5 aromatic rings. The maximum absolute atomic E-state index is 10.6. The monoisotopic (exact) mass is 391 g/mol. The van der Waals surface area contributed by atoms with Crippen molar-refractivity contribution in [2.75, 3.05) is 11.1 Å². The highest BCUT2D eigenvalue weighted by Gasteiger charge is 2.17. The predicted molar refractivity (Wildman–Crippen MR) is 120 cm³/mol. The van der Waals surface area contributed by atoms with Crippen LogP contribution in [0, 0.1) is 11.3 Å². The van der Waals surface area contributed by atoms with E-state index in [0.717, 1.165) is 33.2 Å². The molecule has 0 unspecified atom stereocenters. The number of nitrogens with two attached hydrogens (primary N) is 1. The highest BCUT2D eigenvalue weighted by Crippen LogP contribution is 2.39. The van der Waals surface area contributed by atoms with Crippen molar-refractivity contribution in [2.45, 2.75) is 0 Å². The Morgan fingerprint density at radius 3 is 2.57 bits per heavy atom. The molecule has 0 fully saturated rings. The van der Waals surface area contributed by atoms with Crippen LogP contribution in [0.25, 0.3) is 33.1 Å². The van der Waals surface area contributed by atoms with Crippen LogP contribution in [-0.4, -0.2) is 15.1 Å². The number of anilines is 3. The highest BCUT2D eigenvalue weighted by atomic mass is 16.3. The summed E-state index contributed by atoms with van der Waals surface area (Å²) in [4.78, 5) is 7.75. The largest absolute Gasteiger partial charge is 0.494 e. The number of rotatable bonds is 3. The third kappa shape index (κ3) is 2.95. The summed E-state index contributed by atoms with van der Waals surface area (Å²) in [5.74, 6) is 0.0151. The number of nitrogen functional groups attached to an aromatic ring is 1. The summed E-state index contributed by atoms with van der Waals surface area (Å²) in [5.41, 5.74) is 11.4. The zero-order valence-corrected chi connectivity index (χ0v) is 15.8. The fourth-order valence-corrected chi connectivity index (χ4v) is 3.64. The van der Waals surface area contributed by atoms with E-state index in [1.807, 2.05) is 54.6 Å². The SMILES string of the molecule is N#Cc1ccc2[nH]c(O)c(-c3cc(Nc4ccc(N)cc4)c4ccccc4n3)c2c1. The first kappa shape index (κ1) is 17.6. The Morgan fingerprint density at radius 2 is 1.77 bits per heavy atom. The molecule has 30 heavy (non-hydrogen) atoms. The van der Waals surface area contributed by atoms with Crippen molar-refractivity contribution >= 4 is 38.9 Å². The molecule has 6 heteroatoms. The number of fused-ring (bicyclic) bond motifs is 2. The predicted octanol–water partition coefficient (Wildman–Crippen LogP) is 5.29. The molecular weight excluding hydrogens is 374 g/mol. The zero-order chi connectivity index (χ0) is 20.7. The number of H-pyrrole nitrogens is 1. The lowest BCUT2D eigenvalue weighted by Crippen LogP contribution is -1.95. The van der Waals surface area contributed by atoms with E-state index in [1.54, 1.807) is 18.2 Å². The molecule has 3 aromatic carbocycles. The van der Waals surface area contributed by atoms with Crippen molar-refractivity contribution in [3.8, 4) is 23.2 Å². The summed E-state index contributed by atoms with van der Waals surface area (Å²) >= 11 is 0. The first-order chi connectivity index (χ1) is 14.6. The van der Waals surface area contributed by atoms with Gasteiger partial charge in [-0.3, -0.25) is 0 Å². The molecule has 5 N–H and O–H groups in total. The van der Waals surface area contributed by atoms with Gasteiger partial charge in [-0.15, -0.1) is 0 Å². The molecule has 6 nitrogen and oxygen atoms in total. The number of benzene rings is 3. The summed E-state index contributed by atoms with van der Waals surface area (Å²) in [6.07, 6.45) is 0. The van der Waals surface area contributed by atoms with Crippen molar-refractivity contribution in [3.63, 3.8) is 0 Å². The lowest BCUT2D eigenvalue weighted by molar-refractivity contribution is 0.460. The van der Waals surface area contributed by atoms with E-state index in [1.165, 1.54) is 0 Å². The Hall–Kier alpha value is -4.50. The van der Waals surface area contributed by atoms with Crippen molar-refractivity contribution in [2.24, 2.45) is 0 Å². The van der Waals surface area contributed by atoms with E-state index in [-0.39, 0.29) is 5.88 Å². The summed E-state index contributed by atoms with van der Waals surface area (Å²) in [6, 6.07) is 24.6. The number of pyridine rings is 1. The van der Waals surface area contributed by atoms with Crippen LogP contribution < -0.4 is 11.1 Å². The van der Waals surface area contributed by atoms with Gasteiger partial charge in [0.2, 0.25) is 0 Å². The number of para-hydroxylation sites is 1. The molecule has 0 bridgehead atoms. The quantitative estimate of drug-likeness (QED) is 0.312. The van der Waals surface area contributed by atoms with Gasteiger partial charge in [0.05, 0.1) is 34.1 Å². The lowest BCUT2D eigenvalue weighted by atomic mass is 10.0. The zero-order valence-electron chi connectivity index (χ0n) is 15.8. The first-order valence-corrected chi connectivity index (χ1v) is 9.40. The van der Waals surface area contributed by atoms with Crippen LogP contribution in [0.3, 0.4) is 0 Å². The molecule has 0 saturated carbocycles. The number of hydrogen-bond donors (Lipinski definition) is 4. The van der Waals surface area contributed by atoms with Crippen LogP contribution >= 0.6 is 0 Å². The Balaban J connectivity index is 1.73. The molecule has 144 valence electrons. The summed E-state index contributed by atoms with van der Waals surface area (Å²) < 4.78 is 0. The minimum absolute atomic E-state index is 0.0151. The van der Waals surface area contributed by atoms with Gasteiger partial charge in [0.1, 0.15) is 0 Å². The van der Waals surface area contributed by atoms with Gasteiger partial charge in [0.15, 0.2) is 5.88 Å². The Morgan fingerprint density at radius 1 is 0.967 bits per heavy atom. The molecule has 0 saturated heterocycles. The van der Waals surface area contributed by atoms with Crippen LogP contribution in [0.4, 0.5) is 17.1 Å². The maximum atomic E-state index is 10.6. The minimum atomic E-state index is 0.0151. The second-order valence-electron chi connectivity index (χ2n) is 7.04. The number of hydrogen-bond acceptors (Lipinski definition) is 5. The third-order valence-electron chi connectivity index (χ3n) is 5.07. The van der Waals surface area contributed by atoms with Crippen LogP contribution in [0.5, 0.6) is 5.88 Å². The van der Waals surface area contributed by atoms with Crippen LogP contribution in [-0.2, 0) is 0 Å². The fourth-order valence-electron chi connectivity index (χ4n) is 3.64. The summed E-state index contributed by atoms with van der Waals surface area (Å²) in [5, 5.41) is 25.0. The van der Waals surface area contributed by atoms with Crippen LogP contribution in [0.2, 0.25) is 0 Å². The average molecular weight is 391 g/mol. The van der Waals surface area contributed by atoms with Crippen molar-refractivity contribution in [1.82, 2.24) is 9.97 Å². The lowest BCUT2D eigenvalue weighted by Gasteiger charge is -2.12. The van der Waals surface area contributed by atoms with Gasteiger partial charge < -0.3 is 21.1 Å². The van der Waals surface area contributed by atoms with E-state index < -0.39 is 0 Å². The van der Waals surface area contributed by atoms with E-state index in [9.17, 15) is 10.4 Å². The maximum Gasteiger partial charge on any atom is 0.199 e. The van der Waals surface area contributed by atoms with Gasteiger partial charge in [-0.25, -0.2) is 4.98 Å². The minimum Gasteiger partial charge on any atom is -0.494 e. The van der Waals surface area contributed by atoms with Gasteiger partial charge in [-0.05, 0) is 54.6 Å². The van der Waals surface area contributed by atoms with E-state index in [4.69, 9.17) is 10.7 Å². The van der Waals surface area contributed by atoms with Gasteiger partial charge in [-0.1, -0.05) is 18.2 Å². The first-order valence-electron chi connectivity index (χ1n) is 9.40. The van der Waals surface area contributed by atoms with Crippen molar-refractivity contribution in [1.29, 1.82) is 5.26 Å². The normalized spacial score (nSPS) is 10.9. The third-order valence-corrected chi connectivity index (χ3v) is 5.07. The number of nitrogens with zero attached hydrogens (tertiary/aromatic N) is 2. The molecule has 0 atom stereocenters. The number of nitriles is 1. The second-order valence-corrected chi connectivity index (χ2v) is 7.04. The van der Waals surface area contributed by atoms with Gasteiger partial charge >= 0.3 is 0 Å². The summed E-state index contributed by atoms with van der Waals surface area (Å²) in [6.45, 7) is 0. The topological polar surface area (TPSA) is 111 Å². The Bertz CT molecular complexity index is 1450. The molecular formula is C24H17N5O. The second kappa shape index (κ2) is 6.83. The van der Waals surface area contributed by atoms with Crippen molar-refractivity contribution < 1.29 is 5.11 Å². The molecule has 0 amide bonds. The standard InChI is InChI=1S/C24H17N5O/c25-13-14-5-10-20-18(11-14)23(24(30)29-20)22-12-21(17-3-1-2-4-19(17)28-22)27-16-8-6-15(26)7-9-16/h1-12,29-30H,26H2,(H,27,28). The molecule has 5 rings (SSSR count).